The van der Waals surface area contributed by atoms with Gasteiger partial charge in [0.15, 0.2) is 5.78 Å². The molecule has 0 unspecified atom stereocenters. The van der Waals surface area contributed by atoms with Gasteiger partial charge in [0, 0.05) is 23.6 Å². The second-order valence-corrected chi connectivity index (χ2v) is 9.85. The molecule has 0 amide bonds. The molecule has 4 heteroatoms. The highest BCUT2D eigenvalue weighted by Crippen LogP contribution is 2.58. The summed E-state index contributed by atoms with van der Waals surface area (Å²) in [6.07, 6.45) is 4.08. The first-order valence-corrected chi connectivity index (χ1v) is 13.0. The molecule has 2 aliphatic rings. The van der Waals surface area contributed by atoms with E-state index in [2.05, 4.69) is 47.4 Å². The lowest BCUT2D eigenvalue weighted by molar-refractivity contribution is 0.0874. The summed E-state index contributed by atoms with van der Waals surface area (Å²) < 4.78 is 0. The summed E-state index contributed by atoms with van der Waals surface area (Å²) in [4.78, 5) is 16.6. The van der Waals surface area contributed by atoms with Crippen LogP contribution in [0.4, 0.5) is 0 Å². The normalized spacial score (nSPS) is 20.7. The number of carbonyl (C=O) groups is 1. The van der Waals surface area contributed by atoms with Gasteiger partial charge in [-0.15, -0.1) is 0 Å². The van der Waals surface area contributed by atoms with E-state index >= 15 is 0 Å². The van der Waals surface area contributed by atoms with Gasteiger partial charge >= 0.3 is 0 Å². The van der Waals surface area contributed by atoms with Gasteiger partial charge in [0.25, 0.3) is 0 Å². The molecular formula is C35H25N3O. The van der Waals surface area contributed by atoms with Crippen molar-refractivity contribution in [2.75, 3.05) is 0 Å². The zero-order valence-corrected chi connectivity index (χ0v) is 21.2. The highest BCUT2D eigenvalue weighted by molar-refractivity contribution is 6.02. The lowest BCUT2D eigenvalue weighted by Crippen LogP contribution is -2.37. The van der Waals surface area contributed by atoms with Gasteiger partial charge in [-0.05, 0) is 33.9 Å². The Morgan fingerprint density at radius 2 is 1.26 bits per heavy atom. The minimum Gasteiger partial charge on any atom is -0.359 e. The highest BCUT2D eigenvalue weighted by atomic mass is 16.1. The van der Waals surface area contributed by atoms with E-state index in [9.17, 15) is 15.3 Å². The first kappa shape index (κ1) is 24.2. The van der Waals surface area contributed by atoms with E-state index in [1.807, 2.05) is 97.2 Å². The van der Waals surface area contributed by atoms with Gasteiger partial charge in [0.05, 0.1) is 12.1 Å². The number of nitriles is 2. The molecule has 4 aromatic rings. The number of benzene rings is 4. The molecule has 0 aliphatic carbocycles. The molecule has 1 fully saturated rings. The topological polar surface area (TPSA) is 67.9 Å². The first-order valence-electron chi connectivity index (χ1n) is 13.0. The van der Waals surface area contributed by atoms with Gasteiger partial charge in [-0.1, -0.05) is 115 Å². The van der Waals surface area contributed by atoms with Crippen LogP contribution < -0.4 is 0 Å². The molecule has 0 N–H and O–H groups in total. The van der Waals surface area contributed by atoms with Crippen LogP contribution in [0.2, 0.25) is 0 Å². The zero-order valence-electron chi connectivity index (χ0n) is 21.2. The summed E-state index contributed by atoms with van der Waals surface area (Å²) in [7, 11) is 0. The van der Waals surface area contributed by atoms with Crippen LogP contribution in [0, 0.1) is 28.6 Å². The fourth-order valence-corrected chi connectivity index (χ4v) is 6.32. The minimum absolute atomic E-state index is 0.0175. The number of rotatable bonds is 5. The number of carbonyl (C=O) groups excluding carboxylic acids is 1. The second kappa shape index (κ2) is 10.3. The van der Waals surface area contributed by atoms with Crippen molar-refractivity contribution in [1.29, 1.82) is 10.5 Å². The molecular weight excluding hydrogens is 478 g/mol. The number of nitrogens with zero attached hydrogens (tertiary/aromatic N) is 3. The van der Waals surface area contributed by atoms with Gasteiger partial charge in [0.2, 0.25) is 0 Å². The molecule has 4 aromatic carbocycles. The Morgan fingerprint density at radius 1 is 0.692 bits per heavy atom. The summed E-state index contributed by atoms with van der Waals surface area (Å²) in [6.45, 7) is 0. The van der Waals surface area contributed by atoms with Crippen molar-refractivity contribution >= 4 is 17.4 Å². The fraction of sp³-hybridized carbons (Fsp3) is 0.114. The van der Waals surface area contributed by atoms with Crippen molar-refractivity contribution in [3.8, 4) is 12.1 Å². The van der Waals surface area contributed by atoms with Crippen molar-refractivity contribution in [3.05, 3.63) is 155 Å². The Hall–Kier alpha value is -5.19. The smallest absolute Gasteiger partial charge is 0.185 e. The standard InChI is InChI=1S/C35H25N3O/c36-22-28(23-37)30(25-13-4-1-5-14-25)32-31(26-15-6-2-7-16-26)34(35(39)27-17-8-3-9-18-27)38-21-20-24-12-10-11-19-29(24)33(32)38/h1-21,31-34H/t31-,32+,33-,34-/m0/s1. The zero-order chi connectivity index (χ0) is 26.8. The SMILES string of the molecule is N#CC(C#N)=C(c1ccccc1)[C@@H]1[C@H](c2ccccc2)[C@@H](C(=O)c2ccccc2)N2C=Cc3ccccc3[C@@H]12. The van der Waals surface area contributed by atoms with Crippen molar-refractivity contribution in [1.82, 2.24) is 4.90 Å². The number of Topliss-reactive ketones (excluding diaryl/α,β-unsaturated/α-hetero) is 1. The van der Waals surface area contributed by atoms with Gasteiger partial charge in [-0.3, -0.25) is 4.79 Å². The van der Waals surface area contributed by atoms with Crippen LogP contribution in [-0.4, -0.2) is 16.7 Å². The summed E-state index contributed by atoms with van der Waals surface area (Å²) in [6, 6.07) is 40.9. The van der Waals surface area contributed by atoms with E-state index in [0.29, 0.717) is 11.1 Å². The van der Waals surface area contributed by atoms with E-state index in [1.54, 1.807) is 0 Å². The van der Waals surface area contributed by atoms with Crippen LogP contribution in [0.1, 0.15) is 44.6 Å². The maximum absolute atomic E-state index is 14.4. The van der Waals surface area contributed by atoms with Crippen LogP contribution in [0.5, 0.6) is 0 Å². The quantitative estimate of drug-likeness (QED) is 0.214. The Kier molecular flexibility index (Phi) is 6.37. The molecule has 1 saturated heterocycles. The maximum atomic E-state index is 14.4. The molecule has 39 heavy (non-hydrogen) atoms. The summed E-state index contributed by atoms with van der Waals surface area (Å²) >= 11 is 0. The Labute approximate surface area is 228 Å². The lowest BCUT2D eigenvalue weighted by atomic mass is 9.71. The van der Waals surface area contributed by atoms with Crippen LogP contribution in [0.25, 0.3) is 11.6 Å². The molecule has 0 radical (unpaired) electrons. The van der Waals surface area contributed by atoms with Crippen LogP contribution in [0.3, 0.4) is 0 Å². The van der Waals surface area contributed by atoms with E-state index in [4.69, 9.17) is 0 Å². The fourth-order valence-electron chi connectivity index (χ4n) is 6.32. The van der Waals surface area contributed by atoms with E-state index < -0.39 is 6.04 Å². The summed E-state index contributed by atoms with van der Waals surface area (Å²) in [5.74, 6) is -0.636. The molecule has 186 valence electrons. The van der Waals surface area contributed by atoms with Gasteiger partial charge in [-0.2, -0.15) is 10.5 Å². The molecule has 0 spiro atoms. The molecule has 2 heterocycles. The molecule has 0 saturated carbocycles. The molecule has 2 aliphatic heterocycles. The maximum Gasteiger partial charge on any atom is 0.185 e. The van der Waals surface area contributed by atoms with Crippen molar-refractivity contribution in [2.45, 2.75) is 18.0 Å². The molecule has 0 aromatic heterocycles. The van der Waals surface area contributed by atoms with E-state index in [0.717, 1.165) is 22.3 Å². The average Bonchev–Trinajstić information content (AvgIpc) is 3.36. The largest absolute Gasteiger partial charge is 0.359 e. The van der Waals surface area contributed by atoms with Crippen LogP contribution in [-0.2, 0) is 0 Å². The van der Waals surface area contributed by atoms with Gasteiger partial charge < -0.3 is 4.90 Å². The third-order valence-electron chi connectivity index (χ3n) is 7.87. The lowest BCUT2D eigenvalue weighted by Gasteiger charge is -2.35. The predicted molar refractivity (Wildman–Crippen MR) is 152 cm³/mol. The Bertz CT molecular complexity index is 1640. The number of hydrogen-bond acceptors (Lipinski definition) is 4. The van der Waals surface area contributed by atoms with E-state index in [1.165, 1.54) is 0 Å². The van der Waals surface area contributed by atoms with Gasteiger partial charge in [-0.25, -0.2) is 0 Å². The Balaban J connectivity index is 1.67. The number of fused-ring (bicyclic) bond motifs is 3. The average molecular weight is 504 g/mol. The number of allylic oxidation sites excluding steroid dienone is 1. The molecule has 6 rings (SSSR count). The van der Waals surface area contributed by atoms with E-state index in [-0.39, 0.29) is 29.2 Å². The third-order valence-corrected chi connectivity index (χ3v) is 7.87. The van der Waals surface area contributed by atoms with Crippen LogP contribution in [0.15, 0.2) is 127 Å². The predicted octanol–water partition coefficient (Wildman–Crippen LogP) is 7.18. The van der Waals surface area contributed by atoms with Gasteiger partial charge in [0.1, 0.15) is 17.7 Å². The van der Waals surface area contributed by atoms with Crippen molar-refractivity contribution in [2.24, 2.45) is 5.92 Å². The summed E-state index contributed by atoms with van der Waals surface area (Å²) in [5.41, 5.74) is 5.37. The highest BCUT2D eigenvalue weighted by Gasteiger charge is 2.54. The first-order chi connectivity index (χ1) is 19.2. The second-order valence-electron chi connectivity index (χ2n) is 9.85. The van der Waals surface area contributed by atoms with Crippen molar-refractivity contribution < 1.29 is 4.79 Å². The molecule has 4 nitrogen and oxygen atoms in total. The Morgan fingerprint density at radius 3 is 1.90 bits per heavy atom. The van der Waals surface area contributed by atoms with Crippen molar-refractivity contribution in [3.63, 3.8) is 0 Å². The monoisotopic (exact) mass is 503 g/mol. The number of ketones is 1. The molecule has 4 atom stereocenters. The van der Waals surface area contributed by atoms with Crippen LogP contribution >= 0.6 is 0 Å². The summed E-state index contributed by atoms with van der Waals surface area (Å²) in [5, 5.41) is 20.4. The number of hydrogen-bond donors (Lipinski definition) is 0. The minimum atomic E-state index is -0.535. The molecule has 0 bridgehead atoms. The third kappa shape index (κ3) is 4.13.